The van der Waals surface area contributed by atoms with E-state index in [4.69, 9.17) is 0 Å². The van der Waals surface area contributed by atoms with Gasteiger partial charge in [0.15, 0.2) is 5.82 Å². The molecule has 0 aliphatic heterocycles. The zero-order valence-corrected chi connectivity index (χ0v) is 13.8. The zero-order valence-electron chi connectivity index (χ0n) is 13.8. The van der Waals surface area contributed by atoms with E-state index >= 15 is 0 Å². The third-order valence-electron chi connectivity index (χ3n) is 4.22. The van der Waals surface area contributed by atoms with E-state index in [1.165, 1.54) is 24.1 Å². The van der Waals surface area contributed by atoms with Gasteiger partial charge < -0.3 is 9.88 Å². The van der Waals surface area contributed by atoms with Crippen molar-refractivity contribution in [1.82, 2.24) is 24.7 Å². The Balaban J connectivity index is 1.81. The first-order chi connectivity index (χ1) is 10.6. The number of aryl methyl sites for hydroxylation is 2. The van der Waals surface area contributed by atoms with Gasteiger partial charge in [0.25, 0.3) is 0 Å². The second kappa shape index (κ2) is 6.02. The number of fused-ring (bicyclic) bond motifs is 1. The Morgan fingerprint density at radius 3 is 2.64 bits per heavy atom. The largest absolute Gasteiger partial charge is 0.362 e. The number of nitrogens with zero attached hydrogens (tertiary/aromatic N) is 5. The van der Waals surface area contributed by atoms with Gasteiger partial charge in [-0.25, -0.2) is 9.97 Å². The third-order valence-corrected chi connectivity index (χ3v) is 4.22. The van der Waals surface area contributed by atoms with Gasteiger partial charge in [-0.3, -0.25) is 0 Å². The molecule has 6 nitrogen and oxygen atoms in total. The van der Waals surface area contributed by atoms with Crippen LogP contribution in [0.25, 0.3) is 0 Å². The van der Waals surface area contributed by atoms with Crippen LogP contribution in [0.3, 0.4) is 0 Å². The van der Waals surface area contributed by atoms with Crippen molar-refractivity contribution in [3.8, 4) is 0 Å². The molecule has 0 saturated carbocycles. The molecular weight excluding hydrogens is 276 g/mol. The van der Waals surface area contributed by atoms with E-state index in [0.717, 1.165) is 36.1 Å². The maximum atomic E-state index is 4.59. The lowest BCUT2D eigenvalue weighted by atomic mass is 9.96. The molecular formula is C16H24N6. The highest BCUT2D eigenvalue weighted by atomic mass is 15.3. The topological polar surface area (TPSA) is 68.5 Å². The smallest absolute Gasteiger partial charge is 0.152 e. The normalized spacial score (nSPS) is 14.2. The molecule has 0 saturated heterocycles. The first-order valence-corrected chi connectivity index (χ1v) is 8.04. The second-order valence-electron chi connectivity index (χ2n) is 6.29. The molecule has 0 spiro atoms. The fourth-order valence-corrected chi connectivity index (χ4v) is 3.06. The van der Waals surface area contributed by atoms with Crippen molar-refractivity contribution in [1.29, 1.82) is 0 Å². The maximum Gasteiger partial charge on any atom is 0.152 e. The Morgan fingerprint density at radius 1 is 1.14 bits per heavy atom. The SMILES string of the molecule is Cc1nc2c(c(NCc3nnc(C(C)C)n3C)n1)CCCC2. The second-order valence-corrected chi connectivity index (χ2v) is 6.29. The van der Waals surface area contributed by atoms with Gasteiger partial charge in [0.2, 0.25) is 0 Å². The quantitative estimate of drug-likeness (QED) is 0.939. The van der Waals surface area contributed by atoms with E-state index in [2.05, 4.69) is 43.9 Å². The number of anilines is 1. The predicted octanol–water partition coefficient (Wildman–Crippen LogP) is 2.53. The van der Waals surface area contributed by atoms with Crippen molar-refractivity contribution >= 4 is 5.82 Å². The fraction of sp³-hybridized carbons (Fsp3) is 0.625. The van der Waals surface area contributed by atoms with Gasteiger partial charge in [-0.1, -0.05) is 13.8 Å². The van der Waals surface area contributed by atoms with Crippen molar-refractivity contribution in [2.45, 2.75) is 58.9 Å². The van der Waals surface area contributed by atoms with Gasteiger partial charge in [0, 0.05) is 24.2 Å². The Bertz CT molecular complexity index is 674. The van der Waals surface area contributed by atoms with Crippen molar-refractivity contribution in [3.63, 3.8) is 0 Å². The Morgan fingerprint density at radius 2 is 1.91 bits per heavy atom. The highest BCUT2D eigenvalue weighted by Crippen LogP contribution is 2.25. The Kier molecular flexibility index (Phi) is 4.09. The molecule has 2 aromatic heterocycles. The summed E-state index contributed by atoms with van der Waals surface area (Å²) in [4.78, 5) is 9.18. The van der Waals surface area contributed by atoms with Crippen LogP contribution in [0.2, 0.25) is 0 Å². The molecule has 0 atom stereocenters. The van der Waals surface area contributed by atoms with Crippen molar-refractivity contribution in [3.05, 3.63) is 28.7 Å². The van der Waals surface area contributed by atoms with E-state index in [-0.39, 0.29) is 0 Å². The van der Waals surface area contributed by atoms with E-state index < -0.39 is 0 Å². The lowest BCUT2D eigenvalue weighted by molar-refractivity contribution is 0.658. The van der Waals surface area contributed by atoms with Crippen molar-refractivity contribution < 1.29 is 0 Å². The lowest BCUT2D eigenvalue weighted by Gasteiger charge is -2.19. The molecule has 1 aliphatic carbocycles. The van der Waals surface area contributed by atoms with Gasteiger partial charge in [0.05, 0.1) is 6.54 Å². The van der Waals surface area contributed by atoms with Crippen molar-refractivity contribution in [2.24, 2.45) is 7.05 Å². The van der Waals surface area contributed by atoms with Crippen LogP contribution in [0.15, 0.2) is 0 Å². The molecule has 0 unspecified atom stereocenters. The number of rotatable bonds is 4. The summed E-state index contributed by atoms with van der Waals surface area (Å²) >= 11 is 0. The molecule has 118 valence electrons. The van der Waals surface area contributed by atoms with Crippen LogP contribution in [0.5, 0.6) is 0 Å². The summed E-state index contributed by atoms with van der Waals surface area (Å²) in [5.74, 6) is 4.13. The van der Waals surface area contributed by atoms with Gasteiger partial charge in [-0.05, 0) is 32.6 Å². The molecule has 2 heterocycles. The summed E-state index contributed by atoms with van der Waals surface area (Å²) in [6.45, 7) is 6.86. The average molecular weight is 300 g/mol. The van der Waals surface area contributed by atoms with E-state index in [1.54, 1.807) is 0 Å². The molecule has 0 aromatic carbocycles. The van der Waals surface area contributed by atoms with Crippen LogP contribution in [-0.4, -0.2) is 24.7 Å². The summed E-state index contributed by atoms with van der Waals surface area (Å²) < 4.78 is 2.07. The summed E-state index contributed by atoms with van der Waals surface area (Å²) in [5, 5.41) is 12.0. The van der Waals surface area contributed by atoms with Crippen LogP contribution in [-0.2, 0) is 26.4 Å². The molecule has 3 rings (SSSR count). The Labute approximate surface area is 131 Å². The molecule has 0 fully saturated rings. The molecule has 22 heavy (non-hydrogen) atoms. The van der Waals surface area contributed by atoms with E-state index in [9.17, 15) is 0 Å². The highest BCUT2D eigenvalue weighted by molar-refractivity contribution is 5.47. The van der Waals surface area contributed by atoms with Gasteiger partial charge in [-0.2, -0.15) is 0 Å². The average Bonchev–Trinajstić information content (AvgIpc) is 2.85. The molecule has 6 heteroatoms. The number of hydrogen-bond acceptors (Lipinski definition) is 5. The molecule has 0 amide bonds. The minimum Gasteiger partial charge on any atom is -0.362 e. The molecule has 1 aliphatic rings. The fourth-order valence-electron chi connectivity index (χ4n) is 3.06. The number of hydrogen-bond donors (Lipinski definition) is 1. The summed E-state index contributed by atoms with van der Waals surface area (Å²) in [7, 11) is 2.02. The van der Waals surface area contributed by atoms with Crippen LogP contribution < -0.4 is 5.32 Å². The molecule has 1 N–H and O–H groups in total. The molecule has 2 aromatic rings. The monoisotopic (exact) mass is 300 g/mol. The third kappa shape index (κ3) is 2.82. The summed E-state index contributed by atoms with van der Waals surface area (Å²) in [6, 6.07) is 0. The molecule has 0 radical (unpaired) electrons. The summed E-state index contributed by atoms with van der Waals surface area (Å²) in [6.07, 6.45) is 4.57. The first-order valence-electron chi connectivity index (χ1n) is 8.04. The standard InChI is InChI=1S/C16H24N6/c1-10(2)16-21-20-14(22(16)4)9-17-15-12-7-5-6-8-13(12)18-11(3)19-15/h10H,5-9H2,1-4H3,(H,17,18,19). The first kappa shape index (κ1) is 14.9. The van der Waals surface area contributed by atoms with E-state index in [0.29, 0.717) is 12.5 Å². The van der Waals surface area contributed by atoms with Crippen LogP contribution in [0.4, 0.5) is 5.82 Å². The van der Waals surface area contributed by atoms with Gasteiger partial charge in [-0.15, -0.1) is 10.2 Å². The van der Waals surface area contributed by atoms with Crippen LogP contribution in [0.1, 0.15) is 61.3 Å². The predicted molar refractivity (Wildman–Crippen MR) is 85.8 cm³/mol. The van der Waals surface area contributed by atoms with Crippen LogP contribution in [0, 0.1) is 6.92 Å². The number of nitrogens with one attached hydrogen (secondary N) is 1. The zero-order chi connectivity index (χ0) is 15.7. The van der Waals surface area contributed by atoms with E-state index in [1.807, 2.05) is 14.0 Å². The minimum atomic E-state index is 0.375. The maximum absolute atomic E-state index is 4.59. The molecule has 0 bridgehead atoms. The van der Waals surface area contributed by atoms with Crippen LogP contribution >= 0.6 is 0 Å². The number of aromatic nitrogens is 5. The highest BCUT2D eigenvalue weighted by Gasteiger charge is 2.18. The lowest BCUT2D eigenvalue weighted by Crippen LogP contribution is -2.15. The summed E-state index contributed by atoms with van der Waals surface area (Å²) in [5.41, 5.74) is 2.49. The minimum absolute atomic E-state index is 0.375. The Hall–Kier alpha value is -1.98. The van der Waals surface area contributed by atoms with Crippen molar-refractivity contribution in [2.75, 3.05) is 5.32 Å². The van der Waals surface area contributed by atoms with Gasteiger partial charge in [0.1, 0.15) is 17.5 Å². The van der Waals surface area contributed by atoms with Gasteiger partial charge >= 0.3 is 0 Å².